The van der Waals surface area contributed by atoms with Crippen LogP contribution in [0.3, 0.4) is 0 Å². The van der Waals surface area contributed by atoms with Gasteiger partial charge in [0.25, 0.3) is 5.91 Å². The quantitative estimate of drug-likeness (QED) is 0.374. The normalized spacial score (nSPS) is 25.1. The maximum atomic E-state index is 12.5. The molecule has 3 aliphatic rings. The van der Waals surface area contributed by atoms with Crippen LogP contribution in [0.2, 0.25) is 0 Å². The first-order chi connectivity index (χ1) is 12.3. The Hall–Kier alpha value is -0.610. The van der Waals surface area contributed by atoms with E-state index in [0.717, 1.165) is 90.7 Å². The first-order valence-electron chi connectivity index (χ1n) is 9.79. The van der Waals surface area contributed by atoms with Gasteiger partial charge in [-0.25, -0.2) is 0 Å². The first kappa shape index (κ1) is 21.7. The van der Waals surface area contributed by atoms with Crippen molar-refractivity contribution < 1.29 is 14.3 Å². The minimum Gasteiger partial charge on any atom is -0.381 e. The van der Waals surface area contributed by atoms with Gasteiger partial charge in [-0.1, -0.05) is 0 Å². The van der Waals surface area contributed by atoms with Crippen LogP contribution >= 0.6 is 24.0 Å². The van der Waals surface area contributed by atoms with E-state index in [4.69, 9.17) is 14.5 Å². The number of piperazine rings is 1. The predicted octanol–water partition coefficient (Wildman–Crippen LogP) is 1.32. The number of aliphatic imine (C=N–C) groups is 1. The molecular formula is C18H33IN4O3. The maximum Gasteiger partial charge on any atom is 0.251 e. The van der Waals surface area contributed by atoms with Crippen LogP contribution in [-0.2, 0) is 14.3 Å². The monoisotopic (exact) mass is 480 g/mol. The smallest absolute Gasteiger partial charge is 0.251 e. The van der Waals surface area contributed by atoms with Gasteiger partial charge in [-0.15, -0.1) is 24.0 Å². The number of halogens is 1. The topological polar surface area (TPSA) is 66.4 Å². The number of ether oxygens (including phenoxy) is 2. The Bertz CT molecular complexity index is 457. The zero-order chi connectivity index (χ0) is 17.5. The summed E-state index contributed by atoms with van der Waals surface area (Å²) in [6.45, 7) is 9.43. The van der Waals surface area contributed by atoms with Gasteiger partial charge in [0.15, 0.2) is 5.96 Å². The first-order valence-corrected chi connectivity index (χ1v) is 9.79. The predicted molar refractivity (Wildman–Crippen MR) is 112 cm³/mol. The van der Waals surface area contributed by atoms with E-state index in [1.165, 1.54) is 0 Å². The molecule has 7 nitrogen and oxygen atoms in total. The molecule has 1 N–H and O–H groups in total. The highest BCUT2D eigenvalue weighted by atomic mass is 127. The minimum absolute atomic E-state index is 0. The summed E-state index contributed by atoms with van der Waals surface area (Å²) in [6.07, 6.45) is 3.87. The molecule has 3 saturated heterocycles. The number of hydrogen-bond acceptors (Lipinski definition) is 4. The molecule has 3 heterocycles. The summed E-state index contributed by atoms with van der Waals surface area (Å²) in [5, 5.41) is 3.41. The summed E-state index contributed by atoms with van der Waals surface area (Å²) in [7, 11) is 0. The van der Waals surface area contributed by atoms with E-state index in [9.17, 15) is 4.79 Å². The molecule has 3 fully saturated rings. The van der Waals surface area contributed by atoms with Gasteiger partial charge in [-0.2, -0.15) is 0 Å². The number of rotatable bonds is 4. The van der Waals surface area contributed by atoms with Crippen molar-refractivity contribution in [1.82, 2.24) is 15.1 Å². The van der Waals surface area contributed by atoms with Crippen molar-refractivity contribution in [3.63, 3.8) is 0 Å². The van der Waals surface area contributed by atoms with Gasteiger partial charge < -0.3 is 24.6 Å². The van der Waals surface area contributed by atoms with Gasteiger partial charge in [0.05, 0.1) is 0 Å². The summed E-state index contributed by atoms with van der Waals surface area (Å²) in [5.41, 5.74) is 0. The molecule has 3 rings (SSSR count). The number of amides is 1. The van der Waals surface area contributed by atoms with Crippen molar-refractivity contribution in [1.29, 1.82) is 0 Å². The fourth-order valence-corrected chi connectivity index (χ4v) is 3.69. The summed E-state index contributed by atoms with van der Waals surface area (Å²) < 4.78 is 11.0. The van der Waals surface area contributed by atoms with Crippen LogP contribution < -0.4 is 5.32 Å². The SMILES string of the molecule is CCNC(=NCC1CCOCC1)N1CCN(C(=O)C2CCCO2)CC1.I. The van der Waals surface area contributed by atoms with Crippen LogP contribution in [0.4, 0.5) is 0 Å². The second-order valence-corrected chi connectivity index (χ2v) is 7.06. The van der Waals surface area contributed by atoms with E-state index < -0.39 is 0 Å². The van der Waals surface area contributed by atoms with Gasteiger partial charge in [0.2, 0.25) is 0 Å². The molecule has 0 aromatic carbocycles. The number of carbonyl (C=O) groups is 1. The molecular weight excluding hydrogens is 447 g/mol. The van der Waals surface area contributed by atoms with E-state index in [1.807, 2.05) is 4.90 Å². The maximum absolute atomic E-state index is 12.5. The Kier molecular flexibility index (Phi) is 9.41. The van der Waals surface area contributed by atoms with E-state index in [0.29, 0.717) is 5.92 Å². The third-order valence-corrected chi connectivity index (χ3v) is 5.27. The lowest BCUT2D eigenvalue weighted by molar-refractivity contribution is -0.142. The van der Waals surface area contributed by atoms with Gasteiger partial charge in [-0.3, -0.25) is 9.79 Å². The molecule has 1 unspecified atom stereocenters. The fraction of sp³-hybridized carbons (Fsp3) is 0.889. The lowest BCUT2D eigenvalue weighted by Crippen LogP contribution is -2.55. The van der Waals surface area contributed by atoms with E-state index in [2.05, 4.69) is 17.1 Å². The van der Waals surface area contributed by atoms with Gasteiger partial charge in [0, 0.05) is 59.1 Å². The summed E-state index contributed by atoms with van der Waals surface area (Å²) in [6, 6.07) is 0. The molecule has 1 atom stereocenters. The standard InChI is InChI=1S/C18H32N4O3.HI/c1-2-19-18(20-14-15-5-12-24-13-6-15)22-9-7-21(8-10-22)17(23)16-4-3-11-25-16;/h15-16H,2-14H2,1H3,(H,19,20);1H. The number of hydrogen-bond donors (Lipinski definition) is 1. The highest BCUT2D eigenvalue weighted by Crippen LogP contribution is 2.17. The van der Waals surface area contributed by atoms with Crippen molar-refractivity contribution in [3.8, 4) is 0 Å². The number of nitrogens with zero attached hydrogens (tertiary/aromatic N) is 3. The van der Waals surface area contributed by atoms with Crippen molar-refractivity contribution >= 4 is 35.8 Å². The molecule has 0 aromatic heterocycles. The highest BCUT2D eigenvalue weighted by Gasteiger charge is 2.31. The van der Waals surface area contributed by atoms with Crippen molar-refractivity contribution in [3.05, 3.63) is 0 Å². The molecule has 26 heavy (non-hydrogen) atoms. The summed E-state index contributed by atoms with van der Waals surface area (Å²) >= 11 is 0. The van der Waals surface area contributed by atoms with Gasteiger partial charge >= 0.3 is 0 Å². The zero-order valence-corrected chi connectivity index (χ0v) is 18.2. The fourth-order valence-electron chi connectivity index (χ4n) is 3.69. The zero-order valence-electron chi connectivity index (χ0n) is 15.8. The summed E-state index contributed by atoms with van der Waals surface area (Å²) in [4.78, 5) is 21.5. The van der Waals surface area contributed by atoms with Crippen LogP contribution in [0.25, 0.3) is 0 Å². The molecule has 0 saturated carbocycles. The molecule has 0 aliphatic carbocycles. The molecule has 3 aliphatic heterocycles. The largest absolute Gasteiger partial charge is 0.381 e. The second kappa shape index (κ2) is 11.3. The van der Waals surface area contributed by atoms with Crippen molar-refractivity contribution in [2.24, 2.45) is 10.9 Å². The van der Waals surface area contributed by atoms with Crippen molar-refractivity contribution in [2.75, 3.05) is 59.1 Å². The minimum atomic E-state index is -0.207. The summed E-state index contributed by atoms with van der Waals surface area (Å²) in [5.74, 6) is 1.78. The van der Waals surface area contributed by atoms with Crippen LogP contribution in [0.1, 0.15) is 32.6 Å². The van der Waals surface area contributed by atoms with Crippen LogP contribution in [0.5, 0.6) is 0 Å². The van der Waals surface area contributed by atoms with Crippen molar-refractivity contribution in [2.45, 2.75) is 38.7 Å². The van der Waals surface area contributed by atoms with Crippen LogP contribution in [0.15, 0.2) is 4.99 Å². The number of guanidine groups is 1. The Labute approximate surface area is 173 Å². The van der Waals surface area contributed by atoms with E-state index >= 15 is 0 Å². The third-order valence-electron chi connectivity index (χ3n) is 5.27. The van der Waals surface area contributed by atoms with E-state index in [1.54, 1.807) is 0 Å². The Balaban J connectivity index is 0.00000243. The second-order valence-electron chi connectivity index (χ2n) is 7.06. The Morgan fingerprint density at radius 1 is 1.08 bits per heavy atom. The molecule has 0 radical (unpaired) electrons. The average molecular weight is 480 g/mol. The van der Waals surface area contributed by atoms with Gasteiger partial charge in [0.1, 0.15) is 6.10 Å². The van der Waals surface area contributed by atoms with E-state index in [-0.39, 0.29) is 36.0 Å². The number of carbonyl (C=O) groups excluding carboxylic acids is 1. The Morgan fingerprint density at radius 2 is 1.77 bits per heavy atom. The van der Waals surface area contributed by atoms with Crippen LogP contribution in [-0.4, -0.2) is 86.9 Å². The van der Waals surface area contributed by atoms with Crippen LogP contribution in [0, 0.1) is 5.92 Å². The molecule has 1 amide bonds. The number of nitrogens with one attached hydrogen (secondary N) is 1. The molecule has 0 bridgehead atoms. The molecule has 0 aromatic rings. The molecule has 8 heteroatoms. The average Bonchev–Trinajstić information content (AvgIpc) is 3.20. The molecule has 0 spiro atoms. The third kappa shape index (κ3) is 5.95. The highest BCUT2D eigenvalue weighted by molar-refractivity contribution is 14.0. The Morgan fingerprint density at radius 3 is 2.38 bits per heavy atom. The van der Waals surface area contributed by atoms with Gasteiger partial charge in [-0.05, 0) is 38.5 Å². The lowest BCUT2D eigenvalue weighted by Gasteiger charge is -2.37. The molecule has 150 valence electrons. The lowest BCUT2D eigenvalue weighted by atomic mass is 10.0.